The molecule has 1 heterocycles. The van der Waals surface area contributed by atoms with E-state index in [2.05, 4.69) is 0 Å². The molecule has 0 amide bonds. The summed E-state index contributed by atoms with van der Waals surface area (Å²) in [5.41, 5.74) is -0.165. The van der Waals surface area contributed by atoms with E-state index in [0.29, 0.717) is 15.9 Å². The van der Waals surface area contributed by atoms with Gasteiger partial charge < -0.3 is 9.47 Å². The topological polar surface area (TPSA) is 57.5 Å². The molecule has 0 saturated carbocycles. The monoisotopic (exact) mass is 323 g/mol. The molecule has 1 aromatic carbocycles. The van der Waals surface area contributed by atoms with Crippen LogP contribution >= 0.6 is 11.6 Å². The molecule has 22 heavy (non-hydrogen) atoms. The SMILES string of the molecule is CCOC(=O)c1cc2cccc(Cl)c2n1C(=O)OC(C)(C)C. The number of hydrogen-bond donors (Lipinski definition) is 0. The summed E-state index contributed by atoms with van der Waals surface area (Å²) in [6.07, 6.45) is -0.668. The number of benzene rings is 1. The largest absolute Gasteiger partial charge is 0.461 e. The molecule has 0 aliphatic carbocycles. The van der Waals surface area contributed by atoms with Crippen molar-refractivity contribution >= 4 is 34.6 Å². The fraction of sp³-hybridized carbons (Fsp3) is 0.375. The minimum absolute atomic E-state index is 0.0965. The number of para-hydroxylation sites is 1. The standard InChI is InChI=1S/C16H18ClNO4/c1-5-21-14(19)12-9-10-7-6-8-11(17)13(10)18(12)15(20)22-16(2,3)4/h6-9H,5H2,1-4H3. The maximum Gasteiger partial charge on any atom is 0.419 e. The number of hydrogen-bond acceptors (Lipinski definition) is 4. The number of aromatic nitrogens is 1. The van der Waals surface area contributed by atoms with Crippen LogP contribution in [-0.2, 0) is 9.47 Å². The fourth-order valence-electron chi connectivity index (χ4n) is 2.07. The number of carbonyl (C=O) groups excluding carboxylic acids is 2. The molecule has 0 saturated heterocycles. The van der Waals surface area contributed by atoms with E-state index < -0.39 is 17.7 Å². The summed E-state index contributed by atoms with van der Waals surface area (Å²) < 4.78 is 11.5. The van der Waals surface area contributed by atoms with Crippen molar-refractivity contribution in [3.8, 4) is 0 Å². The first-order valence-electron chi connectivity index (χ1n) is 6.95. The van der Waals surface area contributed by atoms with Crippen LogP contribution in [0.5, 0.6) is 0 Å². The third-order valence-electron chi connectivity index (χ3n) is 2.84. The van der Waals surface area contributed by atoms with Gasteiger partial charge >= 0.3 is 12.1 Å². The van der Waals surface area contributed by atoms with Crippen molar-refractivity contribution in [2.24, 2.45) is 0 Å². The molecule has 0 fully saturated rings. The first-order chi connectivity index (χ1) is 10.2. The number of rotatable bonds is 2. The van der Waals surface area contributed by atoms with Gasteiger partial charge in [-0.3, -0.25) is 0 Å². The van der Waals surface area contributed by atoms with E-state index >= 15 is 0 Å². The van der Waals surface area contributed by atoms with Crippen LogP contribution in [0, 0.1) is 0 Å². The summed E-state index contributed by atoms with van der Waals surface area (Å²) in [5, 5.41) is 1.03. The number of halogens is 1. The molecule has 0 aliphatic rings. The molecule has 0 N–H and O–H groups in total. The zero-order chi connectivity index (χ0) is 16.5. The molecule has 0 bridgehead atoms. The second-order valence-corrected chi connectivity index (χ2v) is 6.15. The van der Waals surface area contributed by atoms with E-state index in [4.69, 9.17) is 21.1 Å². The van der Waals surface area contributed by atoms with Crippen molar-refractivity contribution in [1.82, 2.24) is 4.57 Å². The highest BCUT2D eigenvalue weighted by atomic mass is 35.5. The van der Waals surface area contributed by atoms with Crippen molar-refractivity contribution in [1.29, 1.82) is 0 Å². The van der Waals surface area contributed by atoms with E-state index in [1.54, 1.807) is 52.0 Å². The van der Waals surface area contributed by atoms with Crippen molar-refractivity contribution in [2.45, 2.75) is 33.3 Å². The lowest BCUT2D eigenvalue weighted by Crippen LogP contribution is -2.29. The van der Waals surface area contributed by atoms with Crippen LogP contribution in [0.4, 0.5) is 4.79 Å². The highest BCUT2D eigenvalue weighted by molar-refractivity contribution is 6.35. The van der Waals surface area contributed by atoms with Gasteiger partial charge in [0.15, 0.2) is 0 Å². The van der Waals surface area contributed by atoms with Gasteiger partial charge in [0.25, 0.3) is 0 Å². The summed E-state index contributed by atoms with van der Waals surface area (Å²) in [6, 6.07) is 6.74. The Kier molecular flexibility index (Phi) is 4.47. The summed E-state index contributed by atoms with van der Waals surface area (Å²) in [6.45, 7) is 7.17. The van der Waals surface area contributed by atoms with Crippen LogP contribution in [0.1, 0.15) is 38.2 Å². The minimum atomic E-state index is -0.694. The van der Waals surface area contributed by atoms with Crippen LogP contribution in [-0.4, -0.2) is 28.8 Å². The van der Waals surface area contributed by atoms with E-state index in [9.17, 15) is 9.59 Å². The zero-order valence-corrected chi connectivity index (χ0v) is 13.7. The number of ether oxygens (including phenoxy) is 2. The molecule has 5 nitrogen and oxygen atoms in total. The Labute approximate surface area is 133 Å². The zero-order valence-electron chi connectivity index (χ0n) is 13.0. The molecule has 0 unspecified atom stereocenters. The Balaban J connectivity index is 2.64. The van der Waals surface area contributed by atoms with Gasteiger partial charge in [0, 0.05) is 5.39 Å². The fourth-order valence-corrected chi connectivity index (χ4v) is 2.34. The molecule has 6 heteroatoms. The summed E-state index contributed by atoms with van der Waals surface area (Å²) in [5.74, 6) is -0.597. The van der Waals surface area contributed by atoms with Crippen molar-refractivity contribution in [3.05, 3.63) is 35.0 Å². The lowest BCUT2D eigenvalue weighted by Gasteiger charge is -2.20. The Hall–Kier alpha value is -2.01. The van der Waals surface area contributed by atoms with E-state index in [1.807, 2.05) is 0 Å². The predicted molar refractivity (Wildman–Crippen MR) is 84.5 cm³/mol. The highest BCUT2D eigenvalue weighted by Crippen LogP contribution is 2.28. The predicted octanol–water partition coefficient (Wildman–Crippen LogP) is 4.25. The third kappa shape index (κ3) is 3.25. The lowest BCUT2D eigenvalue weighted by atomic mass is 10.2. The van der Waals surface area contributed by atoms with Crippen molar-refractivity contribution in [3.63, 3.8) is 0 Å². The second kappa shape index (κ2) is 6.01. The van der Waals surface area contributed by atoms with Crippen LogP contribution in [0.2, 0.25) is 5.02 Å². The smallest absolute Gasteiger partial charge is 0.419 e. The van der Waals surface area contributed by atoms with E-state index in [-0.39, 0.29) is 12.3 Å². The molecular formula is C16H18ClNO4. The average molecular weight is 324 g/mol. The summed E-state index contributed by atoms with van der Waals surface area (Å²) >= 11 is 6.19. The maximum atomic E-state index is 12.5. The van der Waals surface area contributed by atoms with Gasteiger partial charge in [-0.1, -0.05) is 23.7 Å². The van der Waals surface area contributed by atoms with Gasteiger partial charge in [0.1, 0.15) is 11.3 Å². The van der Waals surface area contributed by atoms with Gasteiger partial charge in [-0.05, 0) is 39.8 Å². The Morgan fingerprint density at radius 2 is 1.95 bits per heavy atom. The van der Waals surface area contributed by atoms with E-state index in [1.165, 1.54) is 4.57 Å². The van der Waals surface area contributed by atoms with Crippen LogP contribution in [0.15, 0.2) is 24.3 Å². The van der Waals surface area contributed by atoms with Gasteiger partial charge in [-0.15, -0.1) is 0 Å². The first kappa shape index (κ1) is 16.4. The Morgan fingerprint density at radius 1 is 1.27 bits per heavy atom. The third-order valence-corrected chi connectivity index (χ3v) is 3.14. The molecule has 0 atom stereocenters. The average Bonchev–Trinajstić information content (AvgIpc) is 2.78. The van der Waals surface area contributed by atoms with E-state index in [0.717, 1.165) is 0 Å². The van der Waals surface area contributed by atoms with Crippen molar-refractivity contribution in [2.75, 3.05) is 6.61 Å². The van der Waals surface area contributed by atoms with Gasteiger partial charge in [-0.25, -0.2) is 14.2 Å². The van der Waals surface area contributed by atoms with Crippen LogP contribution < -0.4 is 0 Å². The Bertz CT molecular complexity index is 728. The Morgan fingerprint density at radius 3 is 2.55 bits per heavy atom. The number of carbonyl (C=O) groups is 2. The normalized spacial score (nSPS) is 11.5. The molecule has 0 radical (unpaired) electrons. The number of fused-ring (bicyclic) bond motifs is 1. The molecule has 2 aromatic rings. The molecule has 1 aromatic heterocycles. The van der Waals surface area contributed by atoms with Crippen LogP contribution in [0.25, 0.3) is 10.9 Å². The van der Waals surface area contributed by atoms with Gasteiger partial charge in [0.05, 0.1) is 17.1 Å². The first-order valence-corrected chi connectivity index (χ1v) is 7.33. The van der Waals surface area contributed by atoms with Gasteiger partial charge in [0.2, 0.25) is 0 Å². The molecule has 0 aliphatic heterocycles. The summed E-state index contributed by atoms with van der Waals surface area (Å²) in [4.78, 5) is 24.6. The molecular weight excluding hydrogens is 306 g/mol. The van der Waals surface area contributed by atoms with Gasteiger partial charge in [-0.2, -0.15) is 0 Å². The van der Waals surface area contributed by atoms with Crippen LogP contribution in [0.3, 0.4) is 0 Å². The molecule has 0 spiro atoms. The lowest BCUT2D eigenvalue weighted by molar-refractivity contribution is 0.0454. The number of esters is 1. The maximum absolute atomic E-state index is 12.5. The summed E-state index contributed by atoms with van der Waals surface area (Å²) in [7, 11) is 0. The highest BCUT2D eigenvalue weighted by Gasteiger charge is 2.26. The second-order valence-electron chi connectivity index (χ2n) is 5.74. The number of nitrogens with zero attached hydrogens (tertiary/aromatic N) is 1. The minimum Gasteiger partial charge on any atom is -0.461 e. The quantitative estimate of drug-likeness (QED) is 0.775. The van der Waals surface area contributed by atoms with Crippen molar-refractivity contribution < 1.29 is 19.1 Å². The molecule has 118 valence electrons. The molecule has 2 rings (SSSR count).